The molecule has 20 heteroatoms. The van der Waals surface area contributed by atoms with Gasteiger partial charge in [-0.15, -0.1) is 11.8 Å². The van der Waals surface area contributed by atoms with Gasteiger partial charge in [0, 0.05) is 29.2 Å². The average molecular weight is 871 g/mol. The van der Waals surface area contributed by atoms with Crippen molar-refractivity contribution in [1.29, 1.82) is 0 Å². The van der Waals surface area contributed by atoms with Crippen molar-refractivity contribution in [2.75, 3.05) is 48.0 Å². The van der Waals surface area contributed by atoms with Gasteiger partial charge in [0.2, 0.25) is 0 Å². The van der Waals surface area contributed by atoms with Crippen LogP contribution in [-0.2, 0) is 29.0 Å². The largest absolute Gasteiger partial charge is 0.497 e. The highest BCUT2D eigenvalue weighted by Gasteiger charge is 2.29. The number of hydrogen-bond donors (Lipinski definition) is 4. The predicted octanol–water partition coefficient (Wildman–Crippen LogP) is 6.33. The summed E-state index contributed by atoms with van der Waals surface area (Å²) in [5, 5.41) is 10.1. The van der Waals surface area contributed by atoms with Crippen LogP contribution in [-0.4, -0.2) is 80.3 Å². The van der Waals surface area contributed by atoms with Crippen molar-refractivity contribution in [1.82, 2.24) is 9.97 Å². The summed E-state index contributed by atoms with van der Waals surface area (Å²) in [4.78, 5) is 82.8. The quantitative estimate of drug-likeness (QED) is 0.0694. The number of methoxy groups -OCH3 is 2. The SMILES string of the molecule is COc1ccc(NC(=O)C(=O)Nc2ncc(S(C)(=O)=O)s2)c(C(=O)C2CCCC2)c1.COc1ccc(NC(=O)C(=O)Nc2ncc(SC)s2)c(C(=O)C2CCCC2)c1. The molecule has 0 aliphatic heterocycles. The second-order valence-electron chi connectivity index (χ2n) is 13.3. The third-order valence-corrected chi connectivity index (χ3v) is 14.0. The fourth-order valence-electron chi connectivity index (χ4n) is 6.31. The van der Waals surface area contributed by atoms with Crippen LogP contribution in [0.1, 0.15) is 72.1 Å². The van der Waals surface area contributed by atoms with E-state index in [2.05, 4.69) is 31.2 Å². The Morgan fingerprint density at radius 2 is 1.07 bits per heavy atom. The van der Waals surface area contributed by atoms with Crippen LogP contribution in [0.15, 0.2) is 57.2 Å². The van der Waals surface area contributed by atoms with Crippen molar-refractivity contribution < 1.29 is 46.7 Å². The lowest BCUT2D eigenvalue weighted by molar-refractivity contribution is -0.133. The number of Topliss-reactive ketones (excluding diaryl/α,β-unsaturated/α-hetero) is 2. The maximum absolute atomic E-state index is 12.9. The van der Waals surface area contributed by atoms with Gasteiger partial charge in [-0.05, 0) is 68.3 Å². The van der Waals surface area contributed by atoms with Gasteiger partial charge < -0.3 is 20.1 Å². The van der Waals surface area contributed by atoms with Crippen molar-refractivity contribution in [3.05, 3.63) is 59.9 Å². The van der Waals surface area contributed by atoms with Crippen LogP contribution < -0.4 is 30.7 Å². The first kappa shape index (κ1) is 43.9. The van der Waals surface area contributed by atoms with Crippen molar-refractivity contribution in [3.63, 3.8) is 0 Å². The van der Waals surface area contributed by atoms with E-state index in [1.165, 1.54) is 43.4 Å². The molecular formula is C38H42N6O10S4. The fraction of sp³-hybridized carbons (Fsp3) is 0.368. The number of benzene rings is 2. The van der Waals surface area contributed by atoms with Gasteiger partial charge in [-0.25, -0.2) is 18.4 Å². The first-order valence-corrected chi connectivity index (χ1v) is 22.8. The van der Waals surface area contributed by atoms with Crippen molar-refractivity contribution in [3.8, 4) is 11.5 Å². The molecule has 2 aliphatic carbocycles. The predicted molar refractivity (Wildman–Crippen MR) is 222 cm³/mol. The van der Waals surface area contributed by atoms with E-state index in [1.54, 1.807) is 36.5 Å². The Balaban J connectivity index is 0.000000221. The first-order valence-electron chi connectivity index (χ1n) is 18.1. The molecule has 0 spiro atoms. The minimum absolute atomic E-state index is 0.0208. The van der Waals surface area contributed by atoms with Gasteiger partial charge >= 0.3 is 23.6 Å². The van der Waals surface area contributed by atoms with Gasteiger partial charge in [-0.2, -0.15) is 0 Å². The smallest absolute Gasteiger partial charge is 0.315 e. The van der Waals surface area contributed by atoms with Crippen LogP contribution in [0.25, 0.3) is 0 Å². The Labute approximate surface area is 347 Å². The zero-order valence-corrected chi connectivity index (χ0v) is 35.3. The van der Waals surface area contributed by atoms with E-state index in [0.717, 1.165) is 79.4 Å². The number of thiazole rings is 2. The maximum atomic E-state index is 12.9. The maximum Gasteiger partial charge on any atom is 0.315 e. The zero-order valence-electron chi connectivity index (χ0n) is 32.0. The topological polar surface area (TPSA) is 229 Å². The molecule has 0 radical (unpaired) electrons. The number of carbonyl (C=O) groups is 6. The van der Waals surface area contributed by atoms with E-state index in [9.17, 15) is 37.2 Å². The number of ketones is 2. The molecule has 4 N–H and O–H groups in total. The first-order chi connectivity index (χ1) is 27.7. The van der Waals surface area contributed by atoms with Crippen LogP contribution in [0.2, 0.25) is 0 Å². The Kier molecular flexibility index (Phi) is 15.1. The molecule has 2 aromatic carbocycles. The van der Waals surface area contributed by atoms with Gasteiger partial charge in [0.1, 0.15) is 15.7 Å². The Bertz CT molecular complexity index is 2300. The van der Waals surface area contributed by atoms with E-state index in [-0.39, 0.29) is 44.0 Å². The molecular weight excluding hydrogens is 829 g/mol. The fourth-order valence-corrected chi connectivity index (χ4v) is 9.21. The van der Waals surface area contributed by atoms with Crippen LogP contribution in [0.4, 0.5) is 21.6 Å². The van der Waals surface area contributed by atoms with E-state index in [4.69, 9.17) is 9.47 Å². The summed E-state index contributed by atoms with van der Waals surface area (Å²) < 4.78 is 34.3. The summed E-state index contributed by atoms with van der Waals surface area (Å²) in [6.07, 6.45) is 12.9. The number of nitrogens with one attached hydrogen (secondary N) is 4. The van der Waals surface area contributed by atoms with Crippen LogP contribution in [0.5, 0.6) is 11.5 Å². The second-order valence-corrected chi connectivity index (χ2v) is 18.7. The summed E-state index contributed by atoms with van der Waals surface area (Å²) in [5.74, 6) is -3.04. The molecule has 0 bridgehead atoms. The average Bonchev–Trinajstić information content (AvgIpc) is 4.06. The summed E-state index contributed by atoms with van der Waals surface area (Å²) >= 11 is 3.53. The highest BCUT2D eigenvalue weighted by molar-refractivity contribution is 8.00. The molecule has 58 heavy (non-hydrogen) atoms. The number of carbonyl (C=O) groups excluding carboxylic acids is 6. The molecule has 2 saturated carbocycles. The highest BCUT2D eigenvalue weighted by atomic mass is 32.2. The van der Waals surface area contributed by atoms with E-state index < -0.39 is 33.5 Å². The molecule has 2 aliphatic rings. The minimum atomic E-state index is -3.46. The Morgan fingerprint density at radius 1 is 0.655 bits per heavy atom. The zero-order chi connectivity index (χ0) is 42.0. The lowest BCUT2D eigenvalue weighted by atomic mass is 9.95. The van der Waals surface area contributed by atoms with E-state index in [1.807, 2.05) is 6.26 Å². The normalized spacial score (nSPS) is 14.1. The molecule has 308 valence electrons. The molecule has 4 aromatic rings. The lowest BCUT2D eigenvalue weighted by Gasteiger charge is -2.14. The third kappa shape index (κ3) is 11.5. The number of rotatable bonds is 12. The molecule has 0 saturated heterocycles. The summed E-state index contributed by atoms with van der Waals surface area (Å²) in [7, 11) is -0.470. The highest BCUT2D eigenvalue weighted by Crippen LogP contribution is 2.34. The van der Waals surface area contributed by atoms with Gasteiger partial charge in [0.05, 0.1) is 42.2 Å². The monoisotopic (exact) mass is 870 g/mol. The number of anilines is 4. The molecule has 6 rings (SSSR count). The second kappa shape index (κ2) is 20.0. The van der Waals surface area contributed by atoms with Crippen LogP contribution >= 0.6 is 34.4 Å². The number of amides is 4. The summed E-state index contributed by atoms with van der Waals surface area (Å²) in [6.45, 7) is 0. The van der Waals surface area contributed by atoms with Crippen molar-refractivity contribution >= 4 is 101 Å². The molecule has 0 unspecified atom stereocenters. The molecule has 0 atom stereocenters. The molecule has 2 aromatic heterocycles. The number of sulfone groups is 1. The van der Waals surface area contributed by atoms with Gasteiger partial charge in [0.25, 0.3) is 0 Å². The minimum Gasteiger partial charge on any atom is -0.497 e. The number of thioether (sulfide) groups is 1. The molecule has 4 amide bonds. The molecule has 16 nitrogen and oxygen atoms in total. The molecule has 2 fully saturated rings. The van der Waals surface area contributed by atoms with Crippen LogP contribution in [0, 0.1) is 11.8 Å². The van der Waals surface area contributed by atoms with E-state index >= 15 is 0 Å². The van der Waals surface area contributed by atoms with Gasteiger partial charge in [0.15, 0.2) is 31.7 Å². The third-order valence-electron chi connectivity index (χ3n) is 9.32. The van der Waals surface area contributed by atoms with Gasteiger partial charge in [-0.3, -0.25) is 39.4 Å². The molecule has 2 heterocycles. The van der Waals surface area contributed by atoms with Crippen LogP contribution in [0.3, 0.4) is 0 Å². The standard InChI is InChI=1S/C19H21N3O6S2.C19H21N3O4S2/c1-28-12-7-8-14(13(9-12)16(23)11-5-3-4-6-11)21-17(24)18(25)22-19-20-10-15(29-19)30(2,26)27;1-26-12-7-8-14(13(9-12)16(23)11-5-3-4-6-11)21-17(24)18(25)22-19-20-10-15(27-2)28-19/h7-11H,3-6H2,1-2H3,(H,21,24)(H,20,22,25);7-11H,3-6H2,1-2H3,(H,21,24)(H,20,22,25). The number of aromatic nitrogens is 2. The summed E-state index contributed by atoms with van der Waals surface area (Å²) in [6, 6.07) is 9.48. The Morgan fingerprint density at radius 3 is 1.45 bits per heavy atom. The number of ether oxygens (including phenoxy) is 2. The van der Waals surface area contributed by atoms with Crippen molar-refractivity contribution in [2.24, 2.45) is 11.8 Å². The van der Waals surface area contributed by atoms with Gasteiger partial charge in [-0.1, -0.05) is 48.4 Å². The summed E-state index contributed by atoms with van der Waals surface area (Å²) in [5.41, 5.74) is 1.17. The lowest BCUT2D eigenvalue weighted by Crippen LogP contribution is -2.30. The Hall–Kier alpha value is -5.18. The number of nitrogens with zero attached hydrogens (tertiary/aromatic N) is 2. The van der Waals surface area contributed by atoms with Crippen molar-refractivity contribution in [2.45, 2.75) is 59.8 Å². The van der Waals surface area contributed by atoms with E-state index in [0.29, 0.717) is 27.9 Å². The number of hydrogen-bond acceptors (Lipinski definition) is 15.